The number of hydrogen-bond donors (Lipinski definition) is 2. The van der Waals surface area contributed by atoms with Gasteiger partial charge in [-0.15, -0.1) is 0 Å². The minimum Gasteiger partial charge on any atom is -0.427 e. The molecule has 9 heavy (non-hydrogen) atoms. The van der Waals surface area contributed by atoms with Gasteiger partial charge in [0.1, 0.15) is 0 Å². The van der Waals surface area contributed by atoms with E-state index in [1.807, 2.05) is 0 Å². The average Bonchev–Trinajstić information content (AvgIpc) is 1.89. The van der Waals surface area contributed by atoms with Crippen LogP contribution in [0.25, 0.3) is 0 Å². The third-order valence-corrected chi connectivity index (χ3v) is 0.951. The standard InChI is InChI=1S/C5H7N3O/c6-7-5-3-1-2-4-8(5)9/h1-4,9H,6H2/b7-5-. The summed E-state index contributed by atoms with van der Waals surface area (Å²) in [4.78, 5) is 0. The minimum atomic E-state index is 0.331. The van der Waals surface area contributed by atoms with E-state index in [0.717, 1.165) is 4.73 Å². The van der Waals surface area contributed by atoms with Crippen LogP contribution in [0, 0.1) is 0 Å². The number of nitrogens with zero attached hydrogens (tertiary/aromatic N) is 2. The molecule has 0 unspecified atom stereocenters. The molecule has 0 aromatic carbocycles. The average molecular weight is 125 g/mol. The molecule has 3 N–H and O–H groups in total. The van der Waals surface area contributed by atoms with E-state index in [1.54, 1.807) is 18.2 Å². The maximum atomic E-state index is 8.85. The van der Waals surface area contributed by atoms with Crippen molar-refractivity contribution >= 4 is 0 Å². The Balaban J connectivity index is 3.33. The summed E-state index contributed by atoms with van der Waals surface area (Å²) in [5.74, 6) is 4.89. The van der Waals surface area contributed by atoms with Gasteiger partial charge in [0.2, 0.25) is 0 Å². The second kappa shape index (κ2) is 2.21. The first-order chi connectivity index (χ1) is 4.34. The molecular formula is C5H7N3O. The van der Waals surface area contributed by atoms with Crippen molar-refractivity contribution in [3.8, 4) is 0 Å². The smallest absolute Gasteiger partial charge is 0.186 e. The van der Waals surface area contributed by atoms with Gasteiger partial charge in [-0.2, -0.15) is 9.83 Å². The summed E-state index contributed by atoms with van der Waals surface area (Å²) in [6.45, 7) is 0. The quantitative estimate of drug-likeness (QED) is 0.279. The molecule has 1 rings (SSSR count). The zero-order chi connectivity index (χ0) is 6.69. The van der Waals surface area contributed by atoms with E-state index < -0.39 is 0 Å². The van der Waals surface area contributed by atoms with E-state index in [1.165, 1.54) is 6.20 Å². The summed E-state index contributed by atoms with van der Waals surface area (Å²) in [5, 5.41) is 12.1. The van der Waals surface area contributed by atoms with Gasteiger partial charge >= 0.3 is 0 Å². The van der Waals surface area contributed by atoms with Crippen molar-refractivity contribution in [1.29, 1.82) is 0 Å². The topological polar surface area (TPSA) is 63.5 Å². The molecule has 1 heterocycles. The van der Waals surface area contributed by atoms with Crippen LogP contribution >= 0.6 is 0 Å². The van der Waals surface area contributed by atoms with Crippen molar-refractivity contribution in [1.82, 2.24) is 4.73 Å². The molecule has 0 saturated carbocycles. The highest BCUT2D eigenvalue weighted by atomic mass is 16.5. The van der Waals surface area contributed by atoms with Gasteiger partial charge in [-0.1, -0.05) is 6.07 Å². The molecule has 0 fully saturated rings. The van der Waals surface area contributed by atoms with Crippen molar-refractivity contribution < 1.29 is 5.21 Å². The number of aromatic nitrogens is 1. The normalized spacial score (nSPS) is 11.8. The lowest BCUT2D eigenvalue weighted by molar-refractivity contribution is 0.171. The van der Waals surface area contributed by atoms with Crippen molar-refractivity contribution in [2.45, 2.75) is 0 Å². The van der Waals surface area contributed by atoms with Crippen molar-refractivity contribution in [3.63, 3.8) is 0 Å². The Bertz CT molecular complexity index is 252. The molecule has 1 aromatic rings. The molecule has 1 aromatic heterocycles. The molecule has 0 aliphatic carbocycles. The zero-order valence-corrected chi connectivity index (χ0v) is 4.73. The zero-order valence-electron chi connectivity index (χ0n) is 4.73. The van der Waals surface area contributed by atoms with E-state index in [2.05, 4.69) is 5.10 Å². The maximum absolute atomic E-state index is 8.85. The summed E-state index contributed by atoms with van der Waals surface area (Å²) in [7, 11) is 0. The van der Waals surface area contributed by atoms with Crippen LogP contribution in [0.4, 0.5) is 0 Å². The minimum absolute atomic E-state index is 0.331. The van der Waals surface area contributed by atoms with E-state index in [0.29, 0.717) is 5.49 Å². The molecule has 0 saturated heterocycles. The lowest BCUT2D eigenvalue weighted by Gasteiger charge is -1.92. The van der Waals surface area contributed by atoms with Crippen LogP contribution in [0.5, 0.6) is 0 Å². The molecule has 0 radical (unpaired) electrons. The fourth-order valence-electron chi connectivity index (χ4n) is 0.528. The second-order valence-corrected chi connectivity index (χ2v) is 1.53. The van der Waals surface area contributed by atoms with E-state index >= 15 is 0 Å². The molecule has 0 amide bonds. The fraction of sp³-hybridized carbons (Fsp3) is 0. The van der Waals surface area contributed by atoms with Gasteiger partial charge in [0, 0.05) is 6.20 Å². The van der Waals surface area contributed by atoms with Crippen LogP contribution in [-0.4, -0.2) is 9.94 Å². The molecule has 0 spiro atoms. The first kappa shape index (κ1) is 5.68. The Hall–Kier alpha value is -1.45. The van der Waals surface area contributed by atoms with Crippen molar-refractivity contribution in [2.75, 3.05) is 0 Å². The largest absolute Gasteiger partial charge is 0.427 e. The van der Waals surface area contributed by atoms with Gasteiger partial charge in [-0.05, 0) is 12.1 Å². The van der Waals surface area contributed by atoms with Gasteiger partial charge in [-0.3, -0.25) is 0 Å². The van der Waals surface area contributed by atoms with Gasteiger partial charge < -0.3 is 11.0 Å². The van der Waals surface area contributed by atoms with Crippen LogP contribution in [0.1, 0.15) is 0 Å². The Morgan fingerprint density at radius 1 is 1.56 bits per heavy atom. The molecule has 4 heteroatoms. The Morgan fingerprint density at radius 3 is 2.78 bits per heavy atom. The highest BCUT2D eigenvalue weighted by Gasteiger charge is 1.81. The Kier molecular flexibility index (Phi) is 1.40. The summed E-state index contributed by atoms with van der Waals surface area (Å²) in [6.07, 6.45) is 1.45. The monoisotopic (exact) mass is 125 g/mol. The molecule has 48 valence electrons. The fourth-order valence-corrected chi connectivity index (χ4v) is 0.528. The highest BCUT2D eigenvalue weighted by molar-refractivity contribution is 4.90. The first-order valence-electron chi connectivity index (χ1n) is 2.45. The van der Waals surface area contributed by atoms with Gasteiger partial charge in [0.25, 0.3) is 0 Å². The van der Waals surface area contributed by atoms with E-state index in [-0.39, 0.29) is 0 Å². The molecular weight excluding hydrogens is 118 g/mol. The lowest BCUT2D eigenvalue weighted by Crippen LogP contribution is -2.18. The van der Waals surface area contributed by atoms with Gasteiger partial charge in [0.05, 0.1) is 0 Å². The molecule has 0 bridgehead atoms. The number of hydrogen-bond acceptors (Lipinski definition) is 3. The summed E-state index contributed by atoms with van der Waals surface area (Å²) in [6, 6.07) is 5.01. The van der Waals surface area contributed by atoms with Crippen LogP contribution in [0.2, 0.25) is 0 Å². The second-order valence-electron chi connectivity index (χ2n) is 1.53. The molecule has 0 aliphatic rings. The Morgan fingerprint density at radius 2 is 2.33 bits per heavy atom. The van der Waals surface area contributed by atoms with Crippen LogP contribution < -0.4 is 11.3 Å². The number of rotatable bonds is 0. The predicted octanol–water partition coefficient (Wildman–Crippen LogP) is -0.500. The third-order valence-electron chi connectivity index (χ3n) is 0.951. The summed E-state index contributed by atoms with van der Waals surface area (Å²) in [5.41, 5.74) is 0.331. The highest BCUT2D eigenvalue weighted by Crippen LogP contribution is 1.73. The SMILES string of the molecule is N/N=c1/ccccn1O. The first-order valence-corrected chi connectivity index (χ1v) is 2.45. The molecule has 0 atom stereocenters. The van der Waals surface area contributed by atoms with Gasteiger partial charge in [-0.25, -0.2) is 0 Å². The predicted molar refractivity (Wildman–Crippen MR) is 31.4 cm³/mol. The van der Waals surface area contributed by atoms with Crippen LogP contribution in [0.3, 0.4) is 0 Å². The molecule has 4 nitrogen and oxygen atoms in total. The Labute approximate surface area is 51.8 Å². The molecule has 0 aliphatic heterocycles. The summed E-state index contributed by atoms with van der Waals surface area (Å²) < 4.78 is 0.847. The lowest BCUT2D eigenvalue weighted by atomic mass is 10.5. The number of pyridine rings is 1. The summed E-state index contributed by atoms with van der Waals surface area (Å²) >= 11 is 0. The maximum Gasteiger partial charge on any atom is 0.186 e. The number of nitrogens with two attached hydrogens (primary N) is 1. The van der Waals surface area contributed by atoms with Crippen LogP contribution in [0.15, 0.2) is 29.5 Å². The van der Waals surface area contributed by atoms with Crippen molar-refractivity contribution in [3.05, 3.63) is 29.9 Å². The van der Waals surface area contributed by atoms with Crippen molar-refractivity contribution in [2.24, 2.45) is 10.9 Å². The third kappa shape index (κ3) is 1.02. The van der Waals surface area contributed by atoms with E-state index in [9.17, 15) is 0 Å². The van der Waals surface area contributed by atoms with Gasteiger partial charge in [0.15, 0.2) is 5.49 Å². The van der Waals surface area contributed by atoms with Crippen LogP contribution in [-0.2, 0) is 0 Å². The van der Waals surface area contributed by atoms with E-state index in [4.69, 9.17) is 11.0 Å².